The van der Waals surface area contributed by atoms with Crippen LogP contribution in [-0.2, 0) is 13.0 Å². The summed E-state index contributed by atoms with van der Waals surface area (Å²) in [7, 11) is 2.12. The molecule has 6 heteroatoms. The highest BCUT2D eigenvalue weighted by molar-refractivity contribution is 6.42. The number of hydrogen-bond acceptors (Lipinski definition) is 2. The first-order valence-corrected chi connectivity index (χ1v) is 8.33. The molecule has 0 bridgehead atoms. The molecule has 0 aliphatic carbocycles. The molecular weight excluding hydrogens is 329 g/mol. The van der Waals surface area contributed by atoms with Crippen LogP contribution in [-0.4, -0.2) is 40.0 Å². The van der Waals surface area contributed by atoms with Gasteiger partial charge in [-0.05, 0) is 33.0 Å². The first-order valence-electron chi connectivity index (χ1n) is 7.04. The van der Waals surface area contributed by atoms with Gasteiger partial charge in [0.05, 0.1) is 21.1 Å². The van der Waals surface area contributed by atoms with E-state index in [4.69, 9.17) is 34.8 Å². The quantitative estimate of drug-likeness (QED) is 0.718. The lowest BCUT2D eigenvalue weighted by atomic mass is 10.3. The molecular formula is C15H20Cl3N3. The molecule has 0 N–H and O–H groups in total. The molecule has 0 fully saturated rings. The molecule has 0 aliphatic rings. The normalized spacial score (nSPS) is 12.0. The van der Waals surface area contributed by atoms with E-state index in [1.54, 1.807) is 0 Å². The van der Waals surface area contributed by atoms with Crippen molar-refractivity contribution in [2.45, 2.75) is 32.9 Å². The van der Waals surface area contributed by atoms with Crippen LogP contribution in [0.3, 0.4) is 0 Å². The monoisotopic (exact) mass is 347 g/mol. The van der Waals surface area contributed by atoms with Crippen LogP contribution >= 0.6 is 34.8 Å². The Morgan fingerprint density at radius 2 is 1.90 bits per heavy atom. The van der Waals surface area contributed by atoms with Gasteiger partial charge in [-0.25, -0.2) is 4.98 Å². The molecule has 2 rings (SSSR count). The van der Waals surface area contributed by atoms with Gasteiger partial charge in [0.15, 0.2) is 0 Å². The molecule has 0 spiro atoms. The number of fused-ring (bicyclic) bond motifs is 1. The Bertz CT molecular complexity index is 622. The number of alkyl halides is 1. The highest BCUT2D eigenvalue weighted by Gasteiger charge is 2.14. The largest absolute Gasteiger partial charge is 0.327 e. The second kappa shape index (κ2) is 7.19. The van der Waals surface area contributed by atoms with Gasteiger partial charge in [-0.2, -0.15) is 0 Å². The van der Waals surface area contributed by atoms with Gasteiger partial charge in [0.25, 0.3) is 0 Å². The lowest BCUT2D eigenvalue weighted by Gasteiger charge is -2.21. The summed E-state index contributed by atoms with van der Waals surface area (Å²) in [5, 5.41) is 1.09. The maximum atomic E-state index is 6.15. The fourth-order valence-electron chi connectivity index (χ4n) is 2.21. The van der Waals surface area contributed by atoms with Crippen LogP contribution in [0.4, 0.5) is 0 Å². The van der Waals surface area contributed by atoms with Gasteiger partial charge in [0.1, 0.15) is 5.82 Å². The molecule has 3 nitrogen and oxygen atoms in total. The van der Waals surface area contributed by atoms with Crippen molar-refractivity contribution in [1.29, 1.82) is 0 Å². The van der Waals surface area contributed by atoms with Gasteiger partial charge in [-0.15, -0.1) is 11.6 Å². The van der Waals surface area contributed by atoms with Crippen LogP contribution in [0.1, 0.15) is 19.7 Å². The second-order valence-electron chi connectivity index (χ2n) is 5.45. The van der Waals surface area contributed by atoms with E-state index in [0.717, 1.165) is 36.4 Å². The van der Waals surface area contributed by atoms with E-state index in [1.807, 2.05) is 12.1 Å². The van der Waals surface area contributed by atoms with Gasteiger partial charge in [-0.3, -0.25) is 0 Å². The van der Waals surface area contributed by atoms with E-state index < -0.39 is 0 Å². The highest BCUT2D eigenvalue weighted by Crippen LogP contribution is 2.28. The van der Waals surface area contributed by atoms with Crippen molar-refractivity contribution < 1.29 is 0 Å². The summed E-state index contributed by atoms with van der Waals surface area (Å²) in [6.45, 7) is 6.17. The Morgan fingerprint density at radius 3 is 2.52 bits per heavy atom. The molecule has 0 aliphatic heterocycles. The SMILES string of the molecule is CC(C)N(C)CCn1c(CCCl)nc2cc(Cl)c(Cl)cc21. The Morgan fingerprint density at radius 1 is 1.24 bits per heavy atom. The minimum absolute atomic E-state index is 0.509. The summed E-state index contributed by atoms with van der Waals surface area (Å²) in [5.41, 5.74) is 1.89. The number of aromatic nitrogens is 2. The van der Waals surface area contributed by atoms with E-state index in [0.29, 0.717) is 22.0 Å². The lowest BCUT2D eigenvalue weighted by molar-refractivity contribution is 0.263. The number of benzene rings is 1. The number of hydrogen-bond donors (Lipinski definition) is 0. The zero-order chi connectivity index (χ0) is 15.6. The maximum absolute atomic E-state index is 6.15. The van der Waals surface area contributed by atoms with Gasteiger partial charge >= 0.3 is 0 Å². The van der Waals surface area contributed by atoms with Crippen LogP contribution in [0, 0.1) is 0 Å². The summed E-state index contributed by atoms with van der Waals surface area (Å²) >= 11 is 18.1. The fourth-order valence-corrected chi connectivity index (χ4v) is 2.70. The molecule has 116 valence electrons. The van der Waals surface area contributed by atoms with E-state index in [9.17, 15) is 0 Å². The minimum Gasteiger partial charge on any atom is -0.327 e. The molecule has 0 saturated carbocycles. The standard InChI is InChI=1S/C15H20Cl3N3/c1-10(2)20(3)6-7-21-14-9-12(18)11(17)8-13(14)19-15(21)4-5-16/h8-10H,4-7H2,1-3H3. The Balaban J connectivity index is 2.38. The molecule has 0 saturated heterocycles. The maximum Gasteiger partial charge on any atom is 0.111 e. The number of likely N-dealkylation sites (N-methyl/N-ethyl adjacent to an activating group) is 1. The third-order valence-corrected chi connectivity index (χ3v) is 4.66. The summed E-state index contributed by atoms with van der Waals surface area (Å²) in [5.74, 6) is 1.53. The fraction of sp³-hybridized carbons (Fsp3) is 0.533. The molecule has 0 amide bonds. The van der Waals surface area contributed by atoms with Crippen molar-refractivity contribution in [3.63, 3.8) is 0 Å². The van der Waals surface area contributed by atoms with Gasteiger partial charge in [0, 0.05) is 31.4 Å². The van der Waals surface area contributed by atoms with Crippen LogP contribution in [0.2, 0.25) is 10.0 Å². The van der Waals surface area contributed by atoms with Crippen LogP contribution < -0.4 is 0 Å². The molecule has 0 radical (unpaired) electrons. The number of rotatable bonds is 6. The number of imidazole rings is 1. The first kappa shape index (κ1) is 16.9. The number of nitrogens with zero attached hydrogens (tertiary/aromatic N) is 3. The van der Waals surface area contributed by atoms with E-state index in [1.165, 1.54) is 0 Å². The van der Waals surface area contributed by atoms with Crippen LogP contribution in [0.15, 0.2) is 12.1 Å². The lowest BCUT2D eigenvalue weighted by Crippen LogP contribution is -2.30. The molecule has 1 aromatic carbocycles. The predicted molar refractivity (Wildman–Crippen MR) is 91.9 cm³/mol. The van der Waals surface area contributed by atoms with Crippen molar-refractivity contribution in [2.24, 2.45) is 0 Å². The van der Waals surface area contributed by atoms with Gasteiger partial charge in [0.2, 0.25) is 0 Å². The summed E-state index contributed by atoms with van der Waals surface area (Å²) in [6.07, 6.45) is 0.733. The van der Waals surface area contributed by atoms with Gasteiger partial charge < -0.3 is 9.47 Å². The number of aryl methyl sites for hydroxylation is 1. The summed E-state index contributed by atoms with van der Waals surface area (Å²) in [6, 6.07) is 4.22. The highest BCUT2D eigenvalue weighted by atomic mass is 35.5. The number of halogens is 3. The summed E-state index contributed by atoms with van der Waals surface area (Å²) < 4.78 is 2.19. The molecule has 1 heterocycles. The molecule has 1 aromatic heterocycles. The zero-order valence-electron chi connectivity index (χ0n) is 12.5. The Kier molecular flexibility index (Phi) is 5.78. The molecule has 0 unspecified atom stereocenters. The zero-order valence-corrected chi connectivity index (χ0v) is 14.8. The molecule has 21 heavy (non-hydrogen) atoms. The van der Waals surface area contributed by atoms with Gasteiger partial charge in [-0.1, -0.05) is 23.2 Å². The smallest absolute Gasteiger partial charge is 0.111 e. The van der Waals surface area contributed by atoms with Crippen molar-refractivity contribution >= 4 is 45.8 Å². The predicted octanol–water partition coefficient (Wildman–Crippen LogP) is 4.46. The van der Waals surface area contributed by atoms with Crippen molar-refractivity contribution in [1.82, 2.24) is 14.5 Å². The third-order valence-electron chi connectivity index (χ3n) is 3.75. The minimum atomic E-state index is 0.509. The van der Waals surface area contributed by atoms with E-state index in [2.05, 4.69) is 35.3 Å². The second-order valence-corrected chi connectivity index (χ2v) is 6.64. The Hall–Kier alpha value is -0.480. The van der Waals surface area contributed by atoms with Crippen molar-refractivity contribution in [3.8, 4) is 0 Å². The average molecular weight is 349 g/mol. The van der Waals surface area contributed by atoms with Crippen molar-refractivity contribution in [3.05, 3.63) is 28.0 Å². The molecule has 0 atom stereocenters. The summed E-state index contributed by atoms with van der Waals surface area (Å²) in [4.78, 5) is 6.94. The first-order chi connectivity index (χ1) is 9.93. The topological polar surface area (TPSA) is 21.1 Å². The van der Waals surface area contributed by atoms with Crippen LogP contribution in [0.5, 0.6) is 0 Å². The van der Waals surface area contributed by atoms with E-state index >= 15 is 0 Å². The Labute approximate surface area is 140 Å². The van der Waals surface area contributed by atoms with E-state index in [-0.39, 0.29) is 0 Å². The van der Waals surface area contributed by atoms with Crippen molar-refractivity contribution in [2.75, 3.05) is 19.5 Å². The average Bonchev–Trinajstić information content (AvgIpc) is 2.74. The van der Waals surface area contributed by atoms with Crippen LogP contribution in [0.25, 0.3) is 11.0 Å². The third kappa shape index (κ3) is 3.84. The molecule has 2 aromatic rings.